The topological polar surface area (TPSA) is 34.1 Å². The Hall–Kier alpha value is -1.09. The molecule has 1 aromatic carbocycles. The number of rotatable bonds is 6. The van der Waals surface area contributed by atoms with Crippen LogP contribution in [0, 0.1) is 5.41 Å². The normalized spacial score (nSPS) is 11.2. The number of benzene rings is 1. The van der Waals surface area contributed by atoms with E-state index in [-0.39, 0.29) is 11.2 Å². The SMILES string of the molecule is CC[Si](=O)CC(C)(C)CC(=O)c1ccccc1. The van der Waals surface area contributed by atoms with Crippen LogP contribution in [0.5, 0.6) is 0 Å². The van der Waals surface area contributed by atoms with E-state index in [0.29, 0.717) is 12.5 Å². The van der Waals surface area contributed by atoms with Gasteiger partial charge in [-0.25, -0.2) is 0 Å². The summed E-state index contributed by atoms with van der Waals surface area (Å²) in [4.78, 5) is 12.0. The maximum absolute atomic E-state index is 12.0. The van der Waals surface area contributed by atoms with Gasteiger partial charge in [-0.1, -0.05) is 51.1 Å². The minimum atomic E-state index is -1.51. The first kappa shape index (κ1) is 14.0. The van der Waals surface area contributed by atoms with Crippen molar-refractivity contribution < 1.29 is 9.26 Å². The number of ketones is 1. The highest BCUT2D eigenvalue weighted by atomic mass is 28.3. The summed E-state index contributed by atoms with van der Waals surface area (Å²) in [6.45, 7) is 5.98. The third-order valence-corrected chi connectivity index (χ3v) is 4.95. The van der Waals surface area contributed by atoms with Crippen molar-refractivity contribution in [2.75, 3.05) is 0 Å². The molecule has 92 valence electrons. The Kier molecular flexibility index (Phi) is 4.94. The zero-order valence-electron chi connectivity index (χ0n) is 10.8. The van der Waals surface area contributed by atoms with Crippen LogP contribution in [-0.2, 0) is 4.46 Å². The van der Waals surface area contributed by atoms with Crippen molar-refractivity contribution in [1.29, 1.82) is 0 Å². The molecule has 1 rings (SSSR count). The molecule has 0 bridgehead atoms. The average Bonchev–Trinajstić information content (AvgIpc) is 2.28. The molecule has 0 aliphatic carbocycles. The number of carbonyl (C=O) groups excluding carboxylic acids is 1. The molecule has 3 heteroatoms. The minimum Gasteiger partial charge on any atom is -0.388 e. The lowest BCUT2D eigenvalue weighted by Crippen LogP contribution is -2.20. The highest BCUT2D eigenvalue weighted by molar-refractivity contribution is 6.42. The molecule has 0 spiro atoms. The summed E-state index contributed by atoms with van der Waals surface area (Å²) in [5, 5.41) is 0. The van der Waals surface area contributed by atoms with Crippen LogP contribution in [-0.4, -0.2) is 14.5 Å². The maximum atomic E-state index is 12.0. The van der Waals surface area contributed by atoms with Gasteiger partial charge < -0.3 is 4.46 Å². The molecule has 0 fully saturated rings. The largest absolute Gasteiger partial charge is 0.388 e. The molecular weight excluding hydrogens is 228 g/mol. The van der Waals surface area contributed by atoms with Crippen LogP contribution in [0.25, 0.3) is 0 Å². The number of Topliss-reactive ketones (excluding diaryl/α,β-unsaturated/α-hetero) is 1. The van der Waals surface area contributed by atoms with Crippen molar-refractivity contribution in [2.24, 2.45) is 5.41 Å². The fraction of sp³-hybridized carbons (Fsp3) is 0.500. The van der Waals surface area contributed by atoms with E-state index in [4.69, 9.17) is 0 Å². The van der Waals surface area contributed by atoms with Crippen molar-refractivity contribution in [1.82, 2.24) is 0 Å². The number of hydrogen-bond donors (Lipinski definition) is 0. The monoisotopic (exact) mass is 248 g/mol. The van der Waals surface area contributed by atoms with Gasteiger partial charge in [-0.05, 0) is 17.5 Å². The molecule has 0 aliphatic rings. The zero-order chi connectivity index (χ0) is 12.9. The Morgan fingerprint density at radius 3 is 2.35 bits per heavy atom. The summed E-state index contributed by atoms with van der Waals surface area (Å²) in [6, 6.07) is 10.7. The maximum Gasteiger partial charge on any atom is 0.276 e. The fourth-order valence-electron chi connectivity index (χ4n) is 1.88. The molecule has 2 nitrogen and oxygen atoms in total. The molecule has 0 heterocycles. The molecule has 0 amide bonds. The first-order valence-electron chi connectivity index (χ1n) is 6.04. The highest BCUT2D eigenvalue weighted by Crippen LogP contribution is 2.28. The molecular formula is C14H20O2Si. The van der Waals surface area contributed by atoms with Crippen LogP contribution >= 0.6 is 0 Å². The molecule has 1 aromatic rings. The smallest absolute Gasteiger partial charge is 0.276 e. The van der Waals surface area contributed by atoms with Gasteiger partial charge in [0.15, 0.2) is 5.78 Å². The van der Waals surface area contributed by atoms with Crippen molar-refractivity contribution in [3.8, 4) is 0 Å². The fourth-order valence-corrected chi connectivity index (χ4v) is 3.32. The highest BCUT2D eigenvalue weighted by Gasteiger charge is 2.25. The van der Waals surface area contributed by atoms with E-state index in [1.165, 1.54) is 0 Å². The number of carbonyl (C=O) groups is 1. The first-order chi connectivity index (χ1) is 7.94. The Morgan fingerprint density at radius 2 is 1.82 bits per heavy atom. The summed E-state index contributed by atoms with van der Waals surface area (Å²) in [7, 11) is -1.51. The second-order valence-corrected chi connectivity index (χ2v) is 7.34. The van der Waals surface area contributed by atoms with Gasteiger partial charge in [0.25, 0.3) is 8.68 Å². The van der Waals surface area contributed by atoms with Crippen LogP contribution in [0.4, 0.5) is 0 Å². The number of hydrogen-bond acceptors (Lipinski definition) is 2. The summed E-state index contributed by atoms with van der Waals surface area (Å²) < 4.78 is 11.6. The average molecular weight is 248 g/mol. The van der Waals surface area contributed by atoms with Gasteiger partial charge in [0.05, 0.1) is 0 Å². The van der Waals surface area contributed by atoms with E-state index in [0.717, 1.165) is 11.6 Å². The van der Waals surface area contributed by atoms with Gasteiger partial charge in [-0.15, -0.1) is 0 Å². The van der Waals surface area contributed by atoms with Gasteiger partial charge in [0.1, 0.15) is 0 Å². The third kappa shape index (κ3) is 4.73. The molecule has 0 aromatic heterocycles. The minimum absolute atomic E-state index is 0.140. The second kappa shape index (κ2) is 6.01. The third-order valence-electron chi connectivity index (χ3n) is 2.80. The van der Waals surface area contributed by atoms with Crippen LogP contribution < -0.4 is 0 Å². The molecule has 0 aliphatic heterocycles. The summed E-state index contributed by atoms with van der Waals surface area (Å²) in [5.41, 5.74) is 0.579. The molecule has 0 N–H and O–H groups in total. The lowest BCUT2D eigenvalue weighted by atomic mass is 9.87. The summed E-state index contributed by atoms with van der Waals surface area (Å²) in [6.07, 6.45) is 0.466. The Balaban J connectivity index is 2.65. The van der Waals surface area contributed by atoms with E-state index in [9.17, 15) is 9.26 Å². The van der Waals surface area contributed by atoms with E-state index in [1.807, 2.05) is 51.1 Å². The van der Waals surface area contributed by atoms with Crippen molar-refractivity contribution >= 4 is 14.5 Å². The Morgan fingerprint density at radius 1 is 1.24 bits per heavy atom. The van der Waals surface area contributed by atoms with Gasteiger partial charge in [-0.2, -0.15) is 0 Å². The predicted molar refractivity (Wildman–Crippen MR) is 70.9 cm³/mol. The Bertz CT molecular complexity index is 396. The molecule has 0 saturated heterocycles. The summed E-state index contributed by atoms with van der Waals surface area (Å²) in [5.74, 6) is 0.140. The van der Waals surface area contributed by atoms with Gasteiger partial charge in [0.2, 0.25) is 0 Å². The molecule has 0 radical (unpaired) electrons. The first-order valence-corrected chi connectivity index (χ1v) is 7.87. The van der Waals surface area contributed by atoms with E-state index in [1.54, 1.807) is 0 Å². The van der Waals surface area contributed by atoms with Crippen LogP contribution in [0.2, 0.25) is 12.1 Å². The predicted octanol–water partition coefficient (Wildman–Crippen LogP) is 3.73. The zero-order valence-corrected chi connectivity index (χ0v) is 11.8. The molecule has 0 unspecified atom stereocenters. The van der Waals surface area contributed by atoms with Crippen LogP contribution in [0.1, 0.15) is 37.6 Å². The quantitative estimate of drug-likeness (QED) is 0.568. The van der Waals surface area contributed by atoms with E-state index >= 15 is 0 Å². The lowest BCUT2D eigenvalue weighted by Gasteiger charge is -2.22. The van der Waals surface area contributed by atoms with E-state index in [2.05, 4.69) is 0 Å². The van der Waals surface area contributed by atoms with Gasteiger partial charge in [0, 0.05) is 12.0 Å². The standard InChI is InChI=1S/C14H20O2Si/c1-4-17(16)11-14(2,3)10-13(15)12-8-6-5-7-9-12/h5-9H,4,10-11H2,1-3H3. The second-order valence-electron chi connectivity index (χ2n) is 5.20. The lowest BCUT2D eigenvalue weighted by molar-refractivity contribution is 0.0939. The van der Waals surface area contributed by atoms with Crippen molar-refractivity contribution in [3.05, 3.63) is 35.9 Å². The van der Waals surface area contributed by atoms with E-state index < -0.39 is 8.68 Å². The molecule has 17 heavy (non-hydrogen) atoms. The van der Waals surface area contributed by atoms with Gasteiger partial charge >= 0.3 is 0 Å². The van der Waals surface area contributed by atoms with Crippen molar-refractivity contribution in [2.45, 2.75) is 39.3 Å². The molecule has 0 saturated carbocycles. The molecule has 0 atom stereocenters. The van der Waals surface area contributed by atoms with Gasteiger partial charge in [-0.3, -0.25) is 4.79 Å². The van der Waals surface area contributed by atoms with Crippen LogP contribution in [0.15, 0.2) is 30.3 Å². The van der Waals surface area contributed by atoms with Crippen molar-refractivity contribution in [3.63, 3.8) is 0 Å². The van der Waals surface area contributed by atoms with Crippen LogP contribution in [0.3, 0.4) is 0 Å². The Labute approximate surface area is 105 Å². The summed E-state index contributed by atoms with van der Waals surface area (Å²) >= 11 is 0.